The molecule has 1 aromatic heterocycles. The number of aromatic amines is 1. The third kappa shape index (κ3) is 2.33. The van der Waals surface area contributed by atoms with Crippen LogP contribution in [0.1, 0.15) is 5.69 Å². The van der Waals surface area contributed by atoms with E-state index < -0.39 is 15.0 Å². The molecule has 1 aromatic carbocycles. The Morgan fingerprint density at radius 1 is 1.33 bits per heavy atom. The van der Waals surface area contributed by atoms with Crippen LogP contribution < -0.4 is 5.56 Å². The van der Waals surface area contributed by atoms with Gasteiger partial charge in [-0.3, -0.25) is 14.4 Å². The lowest BCUT2D eigenvalue weighted by atomic mass is 10.3. The minimum Gasteiger partial charge on any atom is -0.295 e. The Morgan fingerprint density at radius 3 is 2.50 bits per heavy atom. The highest BCUT2D eigenvalue weighted by Gasteiger charge is 2.16. The highest BCUT2D eigenvalue weighted by atomic mass is 35.5. The molecule has 0 saturated carbocycles. The normalized spacial score (nSPS) is 11.7. The highest BCUT2D eigenvalue weighted by Crippen LogP contribution is 2.23. The summed E-state index contributed by atoms with van der Waals surface area (Å²) in [4.78, 5) is 11.1. The van der Waals surface area contributed by atoms with Crippen LogP contribution in [-0.2, 0) is 10.1 Å². The zero-order valence-corrected chi connectivity index (χ0v) is 10.8. The SMILES string of the molecule is Cc1cc(=O)n(-c2ccc(Cl)c(S(=O)(=O)O)c2)[nH]1. The van der Waals surface area contributed by atoms with Crippen molar-refractivity contribution >= 4 is 21.7 Å². The number of hydrogen-bond donors (Lipinski definition) is 2. The summed E-state index contributed by atoms with van der Waals surface area (Å²) in [6.07, 6.45) is 0. The van der Waals surface area contributed by atoms with Gasteiger partial charge in [0, 0.05) is 11.8 Å². The molecule has 2 rings (SSSR count). The molecule has 2 aromatic rings. The third-order valence-corrected chi connectivity index (χ3v) is 3.63. The largest absolute Gasteiger partial charge is 0.296 e. The molecule has 0 aliphatic heterocycles. The number of nitrogens with one attached hydrogen (secondary N) is 1. The summed E-state index contributed by atoms with van der Waals surface area (Å²) in [6, 6.07) is 5.24. The van der Waals surface area contributed by atoms with Crippen LogP contribution in [0.3, 0.4) is 0 Å². The summed E-state index contributed by atoms with van der Waals surface area (Å²) in [5, 5.41) is 2.63. The van der Waals surface area contributed by atoms with Gasteiger partial charge in [0.1, 0.15) is 4.90 Å². The van der Waals surface area contributed by atoms with Crippen LogP contribution in [0.4, 0.5) is 0 Å². The molecule has 0 aliphatic rings. The van der Waals surface area contributed by atoms with E-state index in [0.29, 0.717) is 5.69 Å². The fourth-order valence-electron chi connectivity index (χ4n) is 1.53. The Morgan fingerprint density at radius 2 is 2.00 bits per heavy atom. The molecule has 0 spiro atoms. The van der Waals surface area contributed by atoms with Crippen molar-refractivity contribution in [2.24, 2.45) is 0 Å². The molecule has 0 fully saturated rings. The molecule has 0 bridgehead atoms. The Labute approximate surface area is 108 Å². The van der Waals surface area contributed by atoms with Gasteiger partial charge < -0.3 is 0 Å². The summed E-state index contributed by atoms with van der Waals surface area (Å²) in [5.74, 6) is 0. The molecule has 96 valence electrons. The van der Waals surface area contributed by atoms with Gasteiger partial charge in [-0.05, 0) is 25.1 Å². The first-order valence-electron chi connectivity index (χ1n) is 4.85. The third-order valence-electron chi connectivity index (χ3n) is 2.30. The average Bonchev–Trinajstić information content (AvgIpc) is 2.57. The Kier molecular flexibility index (Phi) is 3.05. The van der Waals surface area contributed by atoms with Gasteiger partial charge in [-0.2, -0.15) is 8.42 Å². The van der Waals surface area contributed by atoms with Gasteiger partial charge in [-0.1, -0.05) is 11.6 Å². The number of hydrogen-bond acceptors (Lipinski definition) is 3. The van der Waals surface area contributed by atoms with Gasteiger partial charge in [0.15, 0.2) is 0 Å². The number of H-pyrrole nitrogens is 1. The van der Waals surface area contributed by atoms with Gasteiger partial charge in [-0.25, -0.2) is 4.68 Å². The molecule has 0 radical (unpaired) electrons. The summed E-state index contributed by atoms with van der Waals surface area (Å²) >= 11 is 5.68. The number of benzene rings is 1. The maximum absolute atomic E-state index is 11.6. The van der Waals surface area contributed by atoms with Crippen LogP contribution in [0, 0.1) is 6.92 Å². The Hall–Kier alpha value is -1.57. The van der Waals surface area contributed by atoms with E-state index in [4.69, 9.17) is 16.2 Å². The number of aryl methyl sites for hydroxylation is 1. The van der Waals surface area contributed by atoms with Crippen LogP contribution in [-0.4, -0.2) is 22.8 Å². The molecule has 0 atom stereocenters. The average molecular weight is 289 g/mol. The van der Waals surface area contributed by atoms with Crippen molar-refractivity contribution < 1.29 is 13.0 Å². The molecular weight excluding hydrogens is 280 g/mol. The van der Waals surface area contributed by atoms with Crippen molar-refractivity contribution in [1.82, 2.24) is 9.78 Å². The van der Waals surface area contributed by atoms with Crippen molar-refractivity contribution in [2.45, 2.75) is 11.8 Å². The fourth-order valence-corrected chi connectivity index (χ4v) is 2.53. The van der Waals surface area contributed by atoms with Gasteiger partial charge >= 0.3 is 0 Å². The highest BCUT2D eigenvalue weighted by molar-refractivity contribution is 7.86. The lowest BCUT2D eigenvalue weighted by Gasteiger charge is -2.05. The number of halogens is 1. The van der Waals surface area contributed by atoms with Crippen molar-refractivity contribution in [3.63, 3.8) is 0 Å². The van der Waals surface area contributed by atoms with E-state index in [1.807, 2.05) is 0 Å². The molecule has 2 N–H and O–H groups in total. The predicted octanol–water partition coefficient (Wildman–Crippen LogP) is 1.37. The summed E-state index contributed by atoms with van der Waals surface area (Å²) in [7, 11) is -4.43. The molecule has 6 nitrogen and oxygen atoms in total. The second-order valence-corrected chi connectivity index (χ2v) is 5.50. The second-order valence-electron chi connectivity index (χ2n) is 3.70. The van der Waals surface area contributed by atoms with Crippen molar-refractivity contribution in [1.29, 1.82) is 0 Å². The molecule has 0 saturated heterocycles. The van der Waals surface area contributed by atoms with Gasteiger partial charge in [0.2, 0.25) is 0 Å². The topological polar surface area (TPSA) is 92.2 Å². The van der Waals surface area contributed by atoms with Gasteiger partial charge in [0.05, 0.1) is 10.7 Å². The fraction of sp³-hybridized carbons (Fsp3) is 0.100. The van der Waals surface area contributed by atoms with E-state index in [1.54, 1.807) is 6.92 Å². The molecule has 1 heterocycles. The van der Waals surface area contributed by atoms with Crippen LogP contribution in [0.15, 0.2) is 34.0 Å². The monoisotopic (exact) mass is 288 g/mol. The predicted molar refractivity (Wildman–Crippen MR) is 66.0 cm³/mol. The van der Waals surface area contributed by atoms with E-state index in [-0.39, 0.29) is 16.3 Å². The molecule has 0 unspecified atom stereocenters. The smallest absolute Gasteiger partial charge is 0.295 e. The van der Waals surface area contributed by atoms with E-state index in [2.05, 4.69) is 5.10 Å². The summed E-state index contributed by atoms with van der Waals surface area (Å²) in [6.45, 7) is 1.69. The van der Waals surface area contributed by atoms with Crippen LogP contribution in [0.5, 0.6) is 0 Å². The minimum absolute atomic E-state index is 0.113. The molecule has 8 heteroatoms. The first-order chi connectivity index (χ1) is 8.29. The quantitative estimate of drug-likeness (QED) is 0.817. The van der Waals surface area contributed by atoms with E-state index in [9.17, 15) is 13.2 Å². The number of rotatable bonds is 2. The summed E-state index contributed by atoms with van der Waals surface area (Å²) in [5.41, 5.74) is 0.560. The van der Waals surface area contributed by atoms with Crippen LogP contribution >= 0.6 is 11.6 Å². The van der Waals surface area contributed by atoms with Crippen molar-refractivity contribution in [3.8, 4) is 5.69 Å². The summed E-state index contributed by atoms with van der Waals surface area (Å²) < 4.78 is 32.4. The van der Waals surface area contributed by atoms with Gasteiger partial charge in [0.25, 0.3) is 15.7 Å². The standard InChI is InChI=1S/C10H9ClN2O4S/c1-6-4-10(14)13(12-6)7-2-3-8(11)9(5-7)18(15,16)17/h2-5,12H,1H3,(H,15,16,17). The Balaban J connectivity index is 2.69. The molecule has 18 heavy (non-hydrogen) atoms. The zero-order chi connectivity index (χ0) is 13.5. The van der Waals surface area contributed by atoms with E-state index in [0.717, 1.165) is 10.7 Å². The second kappa shape index (κ2) is 4.27. The Bertz CT molecular complexity index is 760. The number of nitrogens with zero attached hydrogens (tertiary/aromatic N) is 1. The van der Waals surface area contributed by atoms with Crippen LogP contribution in [0.2, 0.25) is 5.02 Å². The molecular formula is C10H9ClN2O4S. The lowest BCUT2D eigenvalue weighted by molar-refractivity contribution is 0.483. The first kappa shape index (κ1) is 12.9. The molecule has 0 aliphatic carbocycles. The maximum atomic E-state index is 11.6. The minimum atomic E-state index is -4.43. The van der Waals surface area contributed by atoms with Crippen molar-refractivity contribution in [3.05, 3.63) is 45.3 Å². The number of aromatic nitrogens is 2. The maximum Gasteiger partial charge on any atom is 0.296 e. The van der Waals surface area contributed by atoms with E-state index >= 15 is 0 Å². The lowest BCUT2D eigenvalue weighted by Crippen LogP contribution is -2.14. The zero-order valence-electron chi connectivity index (χ0n) is 9.21. The van der Waals surface area contributed by atoms with E-state index in [1.165, 1.54) is 18.2 Å². The first-order valence-corrected chi connectivity index (χ1v) is 6.67. The van der Waals surface area contributed by atoms with Crippen LogP contribution in [0.25, 0.3) is 5.69 Å². The van der Waals surface area contributed by atoms with Gasteiger partial charge in [-0.15, -0.1) is 0 Å². The van der Waals surface area contributed by atoms with Crippen molar-refractivity contribution in [2.75, 3.05) is 0 Å². The molecule has 0 amide bonds.